The van der Waals surface area contributed by atoms with Gasteiger partial charge < -0.3 is 19.9 Å². The van der Waals surface area contributed by atoms with Crippen LogP contribution in [0, 0.1) is 6.92 Å². The van der Waals surface area contributed by atoms with E-state index in [4.69, 9.17) is 4.74 Å². The lowest BCUT2D eigenvalue weighted by atomic mass is 10.2. The van der Waals surface area contributed by atoms with Gasteiger partial charge in [-0.05, 0) is 38.1 Å². The first-order valence-corrected chi connectivity index (χ1v) is 10.5. The van der Waals surface area contributed by atoms with Crippen LogP contribution in [0.2, 0.25) is 0 Å². The summed E-state index contributed by atoms with van der Waals surface area (Å²) in [6.07, 6.45) is 4.92. The predicted molar refractivity (Wildman–Crippen MR) is 119 cm³/mol. The third-order valence-electron chi connectivity index (χ3n) is 5.25. The van der Waals surface area contributed by atoms with Crippen LogP contribution < -0.4 is 10.2 Å². The molecule has 1 fully saturated rings. The molecule has 2 amide bonds. The van der Waals surface area contributed by atoms with E-state index in [-0.39, 0.29) is 6.03 Å². The number of piperazine rings is 1. The molecule has 0 atom stereocenters. The maximum absolute atomic E-state index is 12.8. The van der Waals surface area contributed by atoms with Crippen LogP contribution in [0.3, 0.4) is 0 Å². The van der Waals surface area contributed by atoms with Crippen molar-refractivity contribution in [1.82, 2.24) is 24.6 Å². The minimum absolute atomic E-state index is 0.167. The second kappa shape index (κ2) is 9.46. The van der Waals surface area contributed by atoms with Crippen molar-refractivity contribution in [1.29, 1.82) is 0 Å². The summed E-state index contributed by atoms with van der Waals surface area (Å²) < 4.78 is 6.72. The molecule has 1 N–H and O–H groups in total. The second-order valence-electron chi connectivity index (χ2n) is 7.28. The first kappa shape index (κ1) is 21.3. The molecule has 1 aromatic carbocycles. The highest BCUT2D eigenvalue weighted by Crippen LogP contribution is 2.19. The number of rotatable bonds is 5. The topological polar surface area (TPSA) is 105 Å². The second-order valence-corrected chi connectivity index (χ2v) is 7.28. The fraction of sp³-hybridized carbons (Fsp3) is 0.318. The SMILES string of the molecule is CCOC(=O)c1cnn(-c2cccc(NC(=O)N3CCN(c4ncccn4)CC3)c2)c1C. The van der Waals surface area contributed by atoms with E-state index in [2.05, 4.69) is 25.3 Å². The molecule has 1 aliphatic rings. The number of amides is 2. The Hall–Kier alpha value is -3.95. The molecular weight excluding hydrogens is 410 g/mol. The molecule has 3 aromatic rings. The molecule has 0 unspecified atom stereocenters. The number of carbonyl (C=O) groups is 2. The van der Waals surface area contributed by atoms with Gasteiger partial charge in [0.1, 0.15) is 5.56 Å². The van der Waals surface area contributed by atoms with Crippen molar-refractivity contribution in [3.05, 3.63) is 60.2 Å². The van der Waals surface area contributed by atoms with Crippen LogP contribution in [0.15, 0.2) is 48.9 Å². The van der Waals surface area contributed by atoms with Crippen molar-refractivity contribution in [2.45, 2.75) is 13.8 Å². The van der Waals surface area contributed by atoms with Gasteiger partial charge in [0.25, 0.3) is 0 Å². The van der Waals surface area contributed by atoms with Crippen LogP contribution in [-0.2, 0) is 4.74 Å². The summed E-state index contributed by atoms with van der Waals surface area (Å²) in [6, 6.07) is 8.95. The first-order valence-electron chi connectivity index (χ1n) is 10.5. The molecule has 10 heteroatoms. The molecule has 1 aliphatic heterocycles. The summed E-state index contributed by atoms with van der Waals surface area (Å²) in [4.78, 5) is 37.2. The Morgan fingerprint density at radius 3 is 2.56 bits per heavy atom. The number of aromatic nitrogens is 4. The smallest absolute Gasteiger partial charge is 0.341 e. The molecule has 0 bridgehead atoms. The van der Waals surface area contributed by atoms with Gasteiger partial charge in [0.15, 0.2) is 0 Å². The Labute approximate surface area is 185 Å². The van der Waals surface area contributed by atoms with E-state index in [1.54, 1.807) is 41.9 Å². The van der Waals surface area contributed by atoms with Gasteiger partial charge >= 0.3 is 12.0 Å². The lowest BCUT2D eigenvalue weighted by Gasteiger charge is -2.34. The lowest BCUT2D eigenvalue weighted by molar-refractivity contribution is 0.0525. The summed E-state index contributed by atoms with van der Waals surface area (Å²) >= 11 is 0. The monoisotopic (exact) mass is 435 g/mol. The van der Waals surface area contributed by atoms with Gasteiger partial charge in [-0.1, -0.05) is 6.07 Å². The average Bonchev–Trinajstić information content (AvgIpc) is 3.21. The van der Waals surface area contributed by atoms with E-state index in [0.717, 1.165) is 5.69 Å². The number of carbonyl (C=O) groups excluding carboxylic acids is 2. The number of hydrogen-bond donors (Lipinski definition) is 1. The summed E-state index contributed by atoms with van der Waals surface area (Å²) in [7, 11) is 0. The molecule has 10 nitrogen and oxygen atoms in total. The van der Waals surface area contributed by atoms with Crippen LogP contribution in [0.25, 0.3) is 5.69 Å². The van der Waals surface area contributed by atoms with Crippen molar-refractivity contribution in [3.8, 4) is 5.69 Å². The highest BCUT2D eigenvalue weighted by Gasteiger charge is 2.23. The molecule has 2 aromatic heterocycles. The van der Waals surface area contributed by atoms with Crippen molar-refractivity contribution < 1.29 is 14.3 Å². The van der Waals surface area contributed by atoms with Gasteiger partial charge in [-0.25, -0.2) is 24.2 Å². The number of hydrogen-bond acceptors (Lipinski definition) is 7. The van der Waals surface area contributed by atoms with Crippen molar-refractivity contribution >= 4 is 23.6 Å². The van der Waals surface area contributed by atoms with Crippen molar-refractivity contribution in [2.75, 3.05) is 43.0 Å². The van der Waals surface area contributed by atoms with Crippen LogP contribution in [0.1, 0.15) is 23.0 Å². The molecule has 0 spiro atoms. The van der Waals surface area contributed by atoms with E-state index in [1.807, 2.05) is 24.3 Å². The fourth-order valence-corrected chi connectivity index (χ4v) is 3.56. The van der Waals surface area contributed by atoms with Gasteiger partial charge in [-0.3, -0.25) is 0 Å². The van der Waals surface area contributed by atoms with Crippen LogP contribution >= 0.6 is 0 Å². The summed E-state index contributed by atoms with van der Waals surface area (Å²) in [6.45, 7) is 6.36. The lowest BCUT2D eigenvalue weighted by Crippen LogP contribution is -2.50. The molecule has 0 radical (unpaired) electrons. The zero-order chi connectivity index (χ0) is 22.5. The van der Waals surface area contributed by atoms with E-state index in [0.29, 0.717) is 55.7 Å². The molecule has 166 valence electrons. The number of anilines is 2. The summed E-state index contributed by atoms with van der Waals surface area (Å²) in [5.74, 6) is 0.276. The molecule has 1 saturated heterocycles. The number of ether oxygens (including phenoxy) is 1. The maximum atomic E-state index is 12.8. The third kappa shape index (κ3) is 4.53. The van der Waals surface area contributed by atoms with Crippen molar-refractivity contribution in [3.63, 3.8) is 0 Å². The van der Waals surface area contributed by atoms with Crippen molar-refractivity contribution in [2.24, 2.45) is 0 Å². The maximum Gasteiger partial charge on any atom is 0.341 e. The predicted octanol–water partition coefficient (Wildman–Crippen LogP) is 2.50. The quantitative estimate of drug-likeness (QED) is 0.614. The summed E-state index contributed by atoms with van der Waals surface area (Å²) in [5, 5.41) is 7.26. The Bertz CT molecular complexity index is 1090. The normalized spacial score (nSPS) is 13.7. The van der Waals surface area contributed by atoms with Gasteiger partial charge in [0.2, 0.25) is 5.95 Å². The first-order chi connectivity index (χ1) is 15.6. The number of esters is 1. The van der Waals surface area contributed by atoms with Gasteiger partial charge in [0, 0.05) is 44.3 Å². The minimum Gasteiger partial charge on any atom is -0.462 e. The Morgan fingerprint density at radius 2 is 1.84 bits per heavy atom. The Balaban J connectivity index is 1.40. The van der Waals surface area contributed by atoms with Crippen LogP contribution in [-0.4, -0.2) is 69.4 Å². The highest BCUT2D eigenvalue weighted by molar-refractivity contribution is 5.91. The zero-order valence-electron chi connectivity index (χ0n) is 18.1. The molecule has 4 rings (SSSR count). The molecule has 32 heavy (non-hydrogen) atoms. The number of urea groups is 1. The fourth-order valence-electron chi connectivity index (χ4n) is 3.56. The summed E-state index contributed by atoms with van der Waals surface area (Å²) in [5.41, 5.74) is 2.48. The standard InChI is InChI=1S/C22H25N7O3/c1-3-32-20(30)19-15-25-29(16(19)2)18-7-4-6-17(14-18)26-22(31)28-12-10-27(11-13-28)21-23-8-5-9-24-21/h4-9,14-15H,3,10-13H2,1-2H3,(H,26,31). The highest BCUT2D eigenvalue weighted by atomic mass is 16.5. The van der Waals surface area contributed by atoms with Gasteiger partial charge in [-0.2, -0.15) is 5.10 Å². The van der Waals surface area contributed by atoms with E-state index in [1.165, 1.54) is 6.20 Å². The van der Waals surface area contributed by atoms with Crippen LogP contribution in [0.5, 0.6) is 0 Å². The molecule has 3 heterocycles. The largest absolute Gasteiger partial charge is 0.462 e. The zero-order valence-corrected chi connectivity index (χ0v) is 18.1. The molecule has 0 saturated carbocycles. The minimum atomic E-state index is -0.402. The van der Waals surface area contributed by atoms with Gasteiger partial charge in [0.05, 0.1) is 24.2 Å². The number of nitrogens with one attached hydrogen (secondary N) is 1. The van der Waals surface area contributed by atoms with Gasteiger partial charge in [-0.15, -0.1) is 0 Å². The Morgan fingerprint density at radius 1 is 1.09 bits per heavy atom. The third-order valence-corrected chi connectivity index (χ3v) is 5.25. The number of benzene rings is 1. The number of nitrogens with zero attached hydrogens (tertiary/aromatic N) is 6. The van der Waals surface area contributed by atoms with E-state index >= 15 is 0 Å². The molecular formula is C22H25N7O3. The van der Waals surface area contributed by atoms with E-state index < -0.39 is 5.97 Å². The molecule has 0 aliphatic carbocycles. The average molecular weight is 435 g/mol. The Kier molecular flexibility index (Phi) is 6.29. The van der Waals surface area contributed by atoms with Crippen LogP contribution in [0.4, 0.5) is 16.4 Å². The van der Waals surface area contributed by atoms with E-state index in [9.17, 15) is 9.59 Å².